The molecule has 0 unspecified atom stereocenters. The lowest BCUT2D eigenvalue weighted by Gasteiger charge is -2.01. The fraction of sp³-hybridized carbons (Fsp3) is 0.500. The first-order chi connectivity index (χ1) is 7.26. The molecule has 0 bridgehead atoms. The molecule has 0 aliphatic rings. The van der Waals surface area contributed by atoms with E-state index in [0.717, 1.165) is 19.5 Å². The minimum atomic E-state index is 0.267. The van der Waals surface area contributed by atoms with Crippen molar-refractivity contribution >= 4 is 17.2 Å². The summed E-state index contributed by atoms with van der Waals surface area (Å²) in [6, 6.07) is 4.30. The first-order valence-electron chi connectivity index (χ1n) is 5.01. The van der Waals surface area contributed by atoms with Gasteiger partial charge in [0.1, 0.15) is 5.84 Å². The van der Waals surface area contributed by atoms with Crippen LogP contribution in [-0.2, 0) is 13.0 Å². The van der Waals surface area contributed by atoms with Crippen LogP contribution in [0.5, 0.6) is 0 Å². The molecular formula is C10H17N3OS. The van der Waals surface area contributed by atoms with Crippen molar-refractivity contribution in [1.29, 1.82) is 0 Å². The molecule has 0 aliphatic heterocycles. The molecule has 5 heteroatoms. The number of amidine groups is 1. The molecule has 1 heterocycles. The van der Waals surface area contributed by atoms with E-state index in [1.165, 1.54) is 9.75 Å². The molecular weight excluding hydrogens is 210 g/mol. The van der Waals surface area contributed by atoms with E-state index in [2.05, 4.69) is 29.5 Å². The summed E-state index contributed by atoms with van der Waals surface area (Å²) in [5.74, 6) is 0.267. The lowest BCUT2D eigenvalue weighted by Crippen LogP contribution is -2.21. The molecule has 4 nitrogen and oxygen atoms in total. The SMILES string of the molecule is CCc1ccc(CNCC/C(N)=N/O)s1. The number of nitrogens with two attached hydrogens (primary N) is 1. The fourth-order valence-electron chi connectivity index (χ4n) is 1.19. The number of oxime groups is 1. The Morgan fingerprint density at radius 1 is 1.53 bits per heavy atom. The van der Waals surface area contributed by atoms with E-state index in [-0.39, 0.29) is 5.84 Å². The first kappa shape index (κ1) is 12.0. The molecule has 15 heavy (non-hydrogen) atoms. The highest BCUT2D eigenvalue weighted by Crippen LogP contribution is 2.16. The third kappa shape index (κ3) is 4.31. The Bertz CT molecular complexity index is 322. The second-order valence-corrected chi connectivity index (χ2v) is 4.49. The maximum Gasteiger partial charge on any atom is 0.140 e. The topological polar surface area (TPSA) is 70.6 Å². The summed E-state index contributed by atoms with van der Waals surface area (Å²) >= 11 is 1.82. The molecule has 0 aliphatic carbocycles. The van der Waals surface area contributed by atoms with Gasteiger partial charge in [-0.2, -0.15) is 0 Å². The highest BCUT2D eigenvalue weighted by molar-refractivity contribution is 7.11. The molecule has 1 aromatic rings. The second kappa shape index (κ2) is 6.42. The highest BCUT2D eigenvalue weighted by atomic mass is 32.1. The standard InChI is InChI=1S/C10H17N3OS/c1-2-8-3-4-9(15-8)7-12-6-5-10(11)13-14/h3-4,12,14H,2,5-7H2,1H3,(H2,11,13). The Labute approximate surface area is 93.8 Å². The summed E-state index contributed by atoms with van der Waals surface area (Å²) in [5.41, 5.74) is 5.34. The minimum absolute atomic E-state index is 0.267. The van der Waals surface area contributed by atoms with Gasteiger partial charge in [-0.15, -0.1) is 11.3 Å². The van der Waals surface area contributed by atoms with E-state index in [1.54, 1.807) is 0 Å². The predicted molar refractivity (Wildman–Crippen MR) is 63.4 cm³/mol. The van der Waals surface area contributed by atoms with Crippen LogP contribution >= 0.6 is 11.3 Å². The van der Waals surface area contributed by atoms with Gasteiger partial charge in [0.25, 0.3) is 0 Å². The smallest absolute Gasteiger partial charge is 0.140 e. The number of nitrogens with zero attached hydrogens (tertiary/aromatic N) is 1. The van der Waals surface area contributed by atoms with Gasteiger partial charge in [0, 0.05) is 29.3 Å². The van der Waals surface area contributed by atoms with Crippen molar-refractivity contribution in [2.24, 2.45) is 10.9 Å². The molecule has 0 saturated heterocycles. The third-order valence-corrected chi connectivity index (χ3v) is 3.28. The molecule has 0 saturated carbocycles. The summed E-state index contributed by atoms with van der Waals surface area (Å²) < 4.78 is 0. The predicted octanol–water partition coefficient (Wildman–Crippen LogP) is 1.54. The van der Waals surface area contributed by atoms with Crippen LogP contribution in [0, 0.1) is 0 Å². The van der Waals surface area contributed by atoms with Crippen LogP contribution in [0.2, 0.25) is 0 Å². The van der Waals surface area contributed by atoms with Gasteiger partial charge in [0.05, 0.1) is 0 Å². The number of hydrogen-bond acceptors (Lipinski definition) is 4. The number of hydrogen-bond donors (Lipinski definition) is 3. The average Bonchev–Trinajstić information content (AvgIpc) is 2.72. The van der Waals surface area contributed by atoms with Gasteiger partial charge in [0.15, 0.2) is 0 Å². The molecule has 1 rings (SSSR count). The van der Waals surface area contributed by atoms with Gasteiger partial charge in [-0.25, -0.2) is 0 Å². The number of nitrogens with one attached hydrogen (secondary N) is 1. The van der Waals surface area contributed by atoms with Gasteiger partial charge in [-0.05, 0) is 18.6 Å². The van der Waals surface area contributed by atoms with Crippen molar-refractivity contribution in [3.8, 4) is 0 Å². The van der Waals surface area contributed by atoms with E-state index >= 15 is 0 Å². The van der Waals surface area contributed by atoms with E-state index in [0.29, 0.717) is 6.42 Å². The second-order valence-electron chi connectivity index (χ2n) is 3.24. The lowest BCUT2D eigenvalue weighted by molar-refractivity contribution is 0.316. The maximum absolute atomic E-state index is 8.32. The normalized spacial score (nSPS) is 11.9. The Morgan fingerprint density at radius 3 is 2.87 bits per heavy atom. The summed E-state index contributed by atoms with van der Waals surface area (Å²) in [5, 5.41) is 14.5. The molecule has 0 atom stereocenters. The van der Waals surface area contributed by atoms with Crippen molar-refractivity contribution in [3.05, 3.63) is 21.9 Å². The Balaban J connectivity index is 2.20. The summed E-state index contributed by atoms with van der Waals surface area (Å²) in [6.45, 7) is 3.74. The van der Waals surface area contributed by atoms with Crippen LogP contribution in [0.1, 0.15) is 23.1 Å². The van der Waals surface area contributed by atoms with E-state index in [9.17, 15) is 0 Å². The van der Waals surface area contributed by atoms with Crippen LogP contribution in [0.4, 0.5) is 0 Å². The van der Waals surface area contributed by atoms with Crippen LogP contribution in [0.15, 0.2) is 17.3 Å². The summed E-state index contributed by atoms with van der Waals surface area (Å²) in [6.07, 6.45) is 1.66. The fourth-order valence-corrected chi connectivity index (χ4v) is 2.11. The van der Waals surface area contributed by atoms with Crippen molar-refractivity contribution in [3.63, 3.8) is 0 Å². The largest absolute Gasteiger partial charge is 0.409 e. The highest BCUT2D eigenvalue weighted by Gasteiger charge is 1.98. The van der Waals surface area contributed by atoms with Crippen molar-refractivity contribution in [2.75, 3.05) is 6.54 Å². The minimum Gasteiger partial charge on any atom is -0.409 e. The number of aryl methyl sites for hydroxylation is 1. The van der Waals surface area contributed by atoms with Gasteiger partial charge in [-0.3, -0.25) is 0 Å². The third-order valence-electron chi connectivity index (χ3n) is 2.05. The van der Waals surface area contributed by atoms with Crippen molar-refractivity contribution < 1.29 is 5.21 Å². The molecule has 84 valence electrons. The molecule has 1 aromatic heterocycles. The van der Waals surface area contributed by atoms with Crippen LogP contribution < -0.4 is 11.1 Å². The number of thiophene rings is 1. The molecule has 0 amide bonds. The van der Waals surface area contributed by atoms with Crippen LogP contribution in [-0.4, -0.2) is 17.6 Å². The maximum atomic E-state index is 8.32. The Hall–Kier alpha value is -1.07. The molecule has 0 spiro atoms. The lowest BCUT2D eigenvalue weighted by atomic mass is 10.3. The zero-order valence-corrected chi connectivity index (χ0v) is 9.68. The van der Waals surface area contributed by atoms with E-state index in [1.807, 2.05) is 11.3 Å². The zero-order valence-electron chi connectivity index (χ0n) is 8.86. The monoisotopic (exact) mass is 227 g/mol. The molecule has 0 radical (unpaired) electrons. The molecule has 4 N–H and O–H groups in total. The van der Waals surface area contributed by atoms with Gasteiger partial charge in [0.2, 0.25) is 0 Å². The van der Waals surface area contributed by atoms with Crippen molar-refractivity contribution in [1.82, 2.24) is 5.32 Å². The zero-order chi connectivity index (χ0) is 11.1. The molecule has 0 fully saturated rings. The van der Waals surface area contributed by atoms with Gasteiger partial charge in [-0.1, -0.05) is 12.1 Å². The van der Waals surface area contributed by atoms with E-state index < -0.39 is 0 Å². The molecule has 0 aromatic carbocycles. The Kier molecular flexibility index (Phi) is 5.14. The average molecular weight is 227 g/mol. The van der Waals surface area contributed by atoms with Crippen LogP contribution in [0.25, 0.3) is 0 Å². The summed E-state index contributed by atoms with van der Waals surface area (Å²) in [7, 11) is 0. The first-order valence-corrected chi connectivity index (χ1v) is 5.82. The van der Waals surface area contributed by atoms with Crippen LogP contribution in [0.3, 0.4) is 0 Å². The number of rotatable bonds is 6. The van der Waals surface area contributed by atoms with Gasteiger partial charge < -0.3 is 16.3 Å². The van der Waals surface area contributed by atoms with Crippen molar-refractivity contribution in [2.45, 2.75) is 26.3 Å². The Morgan fingerprint density at radius 2 is 2.27 bits per heavy atom. The van der Waals surface area contributed by atoms with E-state index in [4.69, 9.17) is 10.9 Å². The van der Waals surface area contributed by atoms with Gasteiger partial charge >= 0.3 is 0 Å². The summed E-state index contributed by atoms with van der Waals surface area (Å²) in [4.78, 5) is 2.73. The quantitative estimate of drug-likeness (QED) is 0.227.